The summed E-state index contributed by atoms with van der Waals surface area (Å²) in [4.78, 5) is 41.9. The molecule has 132 valence electrons. The van der Waals surface area contributed by atoms with Crippen molar-refractivity contribution in [3.05, 3.63) is 53.2 Å². The van der Waals surface area contributed by atoms with Crippen LogP contribution in [-0.2, 0) is 22.7 Å². The minimum Gasteiger partial charge on any atom is -0.392 e. The Morgan fingerprint density at radius 3 is 2.81 bits per heavy atom. The summed E-state index contributed by atoms with van der Waals surface area (Å²) in [5.74, 6) is -0.911. The molecule has 1 fully saturated rings. The van der Waals surface area contributed by atoms with E-state index in [1.165, 1.54) is 4.90 Å². The predicted molar refractivity (Wildman–Crippen MR) is 91.6 cm³/mol. The minimum absolute atomic E-state index is 0.0672. The van der Waals surface area contributed by atoms with Crippen molar-refractivity contribution in [2.75, 3.05) is 0 Å². The van der Waals surface area contributed by atoms with Crippen LogP contribution in [-0.4, -0.2) is 38.8 Å². The zero-order chi connectivity index (χ0) is 18.3. The van der Waals surface area contributed by atoms with E-state index in [0.717, 1.165) is 16.7 Å². The summed E-state index contributed by atoms with van der Waals surface area (Å²) in [7, 11) is 0. The Morgan fingerprint density at radius 1 is 1.19 bits per heavy atom. The molecule has 1 aromatic carbocycles. The van der Waals surface area contributed by atoms with Gasteiger partial charge in [0.25, 0.3) is 5.91 Å². The number of nitrogens with zero attached hydrogens (tertiary/aromatic N) is 2. The fourth-order valence-electron chi connectivity index (χ4n) is 3.46. The van der Waals surface area contributed by atoms with Gasteiger partial charge in [0.05, 0.1) is 12.3 Å². The van der Waals surface area contributed by atoms with Gasteiger partial charge in [-0.05, 0) is 41.8 Å². The number of rotatable bonds is 3. The molecule has 2 N–H and O–H groups in total. The third-order valence-corrected chi connectivity index (χ3v) is 4.83. The molecule has 0 bridgehead atoms. The summed E-state index contributed by atoms with van der Waals surface area (Å²) in [5, 5.41) is 11.6. The molecular formula is C19H17N3O4. The van der Waals surface area contributed by atoms with Crippen molar-refractivity contribution < 1.29 is 19.5 Å². The highest BCUT2D eigenvalue weighted by molar-refractivity contribution is 6.05. The van der Waals surface area contributed by atoms with Crippen molar-refractivity contribution in [2.24, 2.45) is 0 Å². The smallest absolute Gasteiger partial charge is 0.255 e. The number of carbonyl (C=O) groups is 3. The van der Waals surface area contributed by atoms with E-state index >= 15 is 0 Å². The van der Waals surface area contributed by atoms with Crippen LogP contribution in [0, 0.1) is 0 Å². The van der Waals surface area contributed by atoms with E-state index in [1.54, 1.807) is 24.4 Å². The molecule has 4 rings (SSSR count). The van der Waals surface area contributed by atoms with Crippen molar-refractivity contribution in [3.8, 4) is 11.3 Å². The average molecular weight is 351 g/mol. The topological polar surface area (TPSA) is 99.6 Å². The minimum atomic E-state index is -0.619. The summed E-state index contributed by atoms with van der Waals surface area (Å²) < 4.78 is 0. The highest BCUT2D eigenvalue weighted by atomic mass is 16.3. The average Bonchev–Trinajstić information content (AvgIpc) is 2.98. The highest BCUT2D eigenvalue weighted by Gasteiger charge is 2.39. The van der Waals surface area contributed by atoms with Gasteiger partial charge in [0, 0.05) is 30.3 Å². The largest absolute Gasteiger partial charge is 0.392 e. The van der Waals surface area contributed by atoms with E-state index < -0.39 is 11.9 Å². The molecule has 1 aromatic heterocycles. The maximum absolute atomic E-state index is 12.7. The number of benzene rings is 1. The Kier molecular flexibility index (Phi) is 4.00. The molecule has 1 atom stereocenters. The molecule has 7 heteroatoms. The first-order chi connectivity index (χ1) is 12.6. The van der Waals surface area contributed by atoms with Gasteiger partial charge in [0.1, 0.15) is 6.04 Å². The molecule has 26 heavy (non-hydrogen) atoms. The summed E-state index contributed by atoms with van der Waals surface area (Å²) >= 11 is 0. The lowest BCUT2D eigenvalue weighted by molar-refractivity contribution is -0.136. The van der Waals surface area contributed by atoms with Crippen LogP contribution in [0.2, 0.25) is 0 Å². The van der Waals surface area contributed by atoms with Crippen molar-refractivity contribution in [3.63, 3.8) is 0 Å². The second-order valence-electron chi connectivity index (χ2n) is 6.48. The van der Waals surface area contributed by atoms with Crippen LogP contribution in [0.1, 0.15) is 34.3 Å². The highest BCUT2D eigenvalue weighted by Crippen LogP contribution is 2.30. The molecule has 0 radical (unpaired) electrons. The van der Waals surface area contributed by atoms with Crippen molar-refractivity contribution in [1.29, 1.82) is 0 Å². The number of piperidine rings is 1. The number of aliphatic hydroxyl groups excluding tert-OH is 1. The van der Waals surface area contributed by atoms with Gasteiger partial charge in [-0.15, -0.1) is 0 Å². The van der Waals surface area contributed by atoms with E-state index in [2.05, 4.69) is 10.3 Å². The molecule has 0 aliphatic carbocycles. The lowest BCUT2D eigenvalue weighted by Crippen LogP contribution is -2.52. The molecule has 3 amide bonds. The number of amides is 3. The molecule has 7 nitrogen and oxygen atoms in total. The van der Waals surface area contributed by atoms with Crippen LogP contribution >= 0.6 is 0 Å². The fraction of sp³-hybridized carbons (Fsp3) is 0.263. The van der Waals surface area contributed by atoms with Gasteiger partial charge < -0.3 is 10.0 Å². The monoisotopic (exact) mass is 351 g/mol. The number of aromatic nitrogens is 1. The maximum Gasteiger partial charge on any atom is 0.255 e. The van der Waals surface area contributed by atoms with E-state index in [1.807, 2.05) is 12.1 Å². The van der Waals surface area contributed by atoms with Crippen LogP contribution in [0.3, 0.4) is 0 Å². The Balaban J connectivity index is 1.62. The van der Waals surface area contributed by atoms with Gasteiger partial charge in [0.2, 0.25) is 11.8 Å². The van der Waals surface area contributed by atoms with Gasteiger partial charge in [-0.25, -0.2) is 0 Å². The molecule has 1 unspecified atom stereocenters. The molecule has 2 aliphatic rings. The second kappa shape index (κ2) is 6.34. The first-order valence-corrected chi connectivity index (χ1v) is 8.40. The SMILES string of the molecule is O=C1CCC(N2Cc3cc(-c4cc(CO)ccn4)ccc3C2=O)C(=O)N1. The lowest BCUT2D eigenvalue weighted by atomic mass is 10.0. The third-order valence-electron chi connectivity index (χ3n) is 4.83. The third kappa shape index (κ3) is 2.76. The van der Waals surface area contributed by atoms with Gasteiger partial charge in [-0.3, -0.25) is 24.7 Å². The molecule has 1 saturated heterocycles. The van der Waals surface area contributed by atoms with E-state index in [-0.39, 0.29) is 24.8 Å². The zero-order valence-electron chi connectivity index (χ0n) is 13.9. The number of hydrogen-bond acceptors (Lipinski definition) is 5. The van der Waals surface area contributed by atoms with Crippen LogP contribution < -0.4 is 5.32 Å². The van der Waals surface area contributed by atoms with Crippen molar-refractivity contribution in [2.45, 2.75) is 32.0 Å². The molecule has 2 aliphatic heterocycles. The predicted octanol–water partition coefficient (Wildman–Crippen LogP) is 1.00. The quantitative estimate of drug-likeness (QED) is 0.804. The number of carbonyl (C=O) groups excluding carboxylic acids is 3. The number of hydrogen-bond donors (Lipinski definition) is 2. The van der Waals surface area contributed by atoms with Gasteiger partial charge in [0.15, 0.2) is 0 Å². The van der Waals surface area contributed by atoms with Crippen LogP contribution in [0.25, 0.3) is 11.3 Å². The lowest BCUT2D eigenvalue weighted by Gasteiger charge is -2.29. The maximum atomic E-state index is 12.7. The Bertz CT molecular complexity index is 925. The van der Waals surface area contributed by atoms with Crippen LogP contribution in [0.5, 0.6) is 0 Å². The number of nitrogens with one attached hydrogen (secondary N) is 1. The van der Waals surface area contributed by atoms with Crippen molar-refractivity contribution in [1.82, 2.24) is 15.2 Å². The van der Waals surface area contributed by atoms with Gasteiger partial charge >= 0.3 is 0 Å². The normalized spacial score (nSPS) is 19.5. The first-order valence-electron chi connectivity index (χ1n) is 8.40. The van der Waals surface area contributed by atoms with Crippen molar-refractivity contribution >= 4 is 17.7 Å². The van der Waals surface area contributed by atoms with Gasteiger partial charge in [-0.1, -0.05) is 6.07 Å². The van der Waals surface area contributed by atoms with Crippen LogP contribution in [0.4, 0.5) is 0 Å². The van der Waals surface area contributed by atoms with Gasteiger partial charge in [-0.2, -0.15) is 0 Å². The second-order valence-corrected chi connectivity index (χ2v) is 6.48. The Hall–Kier alpha value is -3.06. The Morgan fingerprint density at radius 2 is 2.04 bits per heavy atom. The number of fused-ring (bicyclic) bond motifs is 1. The zero-order valence-corrected chi connectivity index (χ0v) is 13.9. The molecular weight excluding hydrogens is 334 g/mol. The fourth-order valence-corrected chi connectivity index (χ4v) is 3.46. The molecule has 0 spiro atoms. The van der Waals surface area contributed by atoms with E-state index in [9.17, 15) is 19.5 Å². The number of aliphatic hydroxyl groups is 1. The molecule has 2 aromatic rings. The summed E-state index contributed by atoms with van der Waals surface area (Å²) in [6.45, 7) is 0.260. The standard InChI is InChI=1S/C19H17N3O4/c23-10-11-5-6-20-15(7-11)12-1-2-14-13(8-12)9-22(19(14)26)16-3-4-17(24)21-18(16)25/h1-2,5-8,16,23H,3-4,9-10H2,(H,21,24,25). The number of pyridine rings is 1. The molecule has 0 saturated carbocycles. The molecule has 3 heterocycles. The van der Waals surface area contributed by atoms with E-state index in [4.69, 9.17) is 0 Å². The van der Waals surface area contributed by atoms with E-state index in [0.29, 0.717) is 24.2 Å². The summed E-state index contributed by atoms with van der Waals surface area (Å²) in [6.07, 6.45) is 2.21. The Labute approximate surface area is 149 Å². The summed E-state index contributed by atoms with van der Waals surface area (Å²) in [5.41, 5.74) is 3.71. The summed E-state index contributed by atoms with van der Waals surface area (Å²) in [6, 6.07) is 8.37. The number of imide groups is 1. The first kappa shape index (κ1) is 16.4. The van der Waals surface area contributed by atoms with Crippen LogP contribution in [0.15, 0.2) is 36.5 Å².